The van der Waals surface area contributed by atoms with Crippen LogP contribution in [0.25, 0.3) is 0 Å². The topological polar surface area (TPSA) is 49.3 Å². The Morgan fingerprint density at radius 3 is 2.65 bits per heavy atom. The molecule has 0 aromatic heterocycles. The Morgan fingerprint density at radius 1 is 1.35 bits per heavy atom. The molecule has 0 saturated heterocycles. The van der Waals surface area contributed by atoms with Gasteiger partial charge in [-0.1, -0.05) is 44.9 Å². The van der Waals surface area contributed by atoms with Crippen LogP contribution in [0.3, 0.4) is 0 Å². The van der Waals surface area contributed by atoms with Crippen molar-refractivity contribution < 1.29 is 9.90 Å². The summed E-state index contributed by atoms with van der Waals surface area (Å²) in [5.41, 5.74) is 2.11. The van der Waals surface area contributed by atoms with E-state index in [4.69, 9.17) is 5.11 Å². The van der Waals surface area contributed by atoms with Crippen molar-refractivity contribution in [1.29, 1.82) is 0 Å². The van der Waals surface area contributed by atoms with Crippen molar-refractivity contribution >= 4 is 11.7 Å². The summed E-state index contributed by atoms with van der Waals surface area (Å²) in [7, 11) is 0. The molecule has 3 heteroatoms. The van der Waals surface area contributed by atoms with Crippen LogP contribution in [0.4, 0.5) is 5.69 Å². The lowest BCUT2D eigenvalue weighted by molar-refractivity contribution is -0.138. The van der Waals surface area contributed by atoms with E-state index in [1.165, 1.54) is 0 Å². The second kappa shape index (κ2) is 6.94. The van der Waals surface area contributed by atoms with Gasteiger partial charge in [0.25, 0.3) is 0 Å². The number of anilines is 1. The van der Waals surface area contributed by atoms with Crippen LogP contribution < -0.4 is 5.32 Å². The average molecular weight is 235 g/mol. The summed E-state index contributed by atoms with van der Waals surface area (Å²) in [6.07, 6.45) is 3.52. The van der Waals surface area contributed by atoms with E-state index in [2.05, 4.69) is 19.2 Å². The molecule has 0 spiro atoms. The van der Waals surface area contributed by atoms with Gasteiger partial charge in [-0.15, -0.1) is 0 Å². The molecule has 1 atom stereocenters. The van der Waals surface area contributed by atoms with E-state index in [9.17, 15) is 4.79 Å². The Morgan fingerprint density at radius 2 is 2.06 bits per heavy atom. The quantitative estimate of drug-likeness (QED) is 0.762. The average Bonchev–Trinajstić information content (AvgIpc) is 2.34. The van der Waals surface area contributed by atoms with Crippen molar-refractivity contribution in [3.05, 3.63) is 29.8 Å². The summed E-state index contributed by atoms with van der Waals surface area (Å²) in [6, 6.07) is 7.40. The largest absolute Gasteiger partial charge is 0.480 e. The van der Waals surface area contributed by atoms with Crippen LogP contribution in [-0.4, -0.2) is 17.1 Å². The third-order valence-corrected chi connectivity index (χ3v) is 2.87. The fourth-order valence-electron chi connectivity index (χ4n) is 1.82. The van der Waals surface area contributed by atoms with Crippen molar-refractivity contribution in [3.8, 4) is 0 Å². The number of para-hydroxylation sites is 1. The Balaban J connectivity index is 2.74. The highest BCUT2D eigenvalue weighted by Gasteiger charge is 2.17. The van der Waals surface area contributed by atoms with Gasteiger partial charge in [-0.2, -0.15) is 0 Å². The Kier molecular flexibility index (Phi) is 5.53. The SMILES string of the molecule is CCCCC(Nc1ccccc1CC)C(=O)O. The van der Waals surface area contributed by atoms with Gasteiger partial charge in [0.15, 0.2) is 0 Å². The van der Waals surface area contributed by atoms with Crippen LogP contribution in [0.5, 0.6) is 0 Å². The summed E-state index contributed by atoms with van der Waals surface area (Å²) in [5.74, 6) is -0.774. The highest BCUT2D eigenvalue weighted by Crippen LogP contribution is 2.18. The van der Waals surface area contributed by atoms with Crippen molar-refractivity contribution in [2.24, 2.45) is 0 Å². The van der Waals surface area contributed by atoms with E-state index >= 15 is 0 Å². The predicted molar refractivity (Wildman–Crippen MR) is 70.4 cm³/mol. The molecule has 0 aliphatic rings. The molecule has 2 N–H and O–H groups in total. The van der Waals surface area contributed by atoms with Gasteiger partial charge in [-0.25, -0.2) is 4.79 Å². The van der Waals surface area contributed by atoms with Gasteiger partial charge in [0.2, 0.25) is 0 Å². The lowest BCUT2D eigenvalue weighted by Crippen LogP contribution is -2.29. The zero-order chi connectivity index (χ0) is 12.7. The van der Waals surface area contributed by atoms with E-state index in [-0.39, 0.29) is 0 Å². The number of hydrogen-bond donors (Lipinski definition) is 2. The first-order valence-electron chi connectivity index (χ1n) is 6.26. The first-order chi connectivity index (χ1) is 8.19. The number of nitrogens with one attached hydrogen (secondary N) is 1. The molecule has 0 aliphatic carbocycles. The first-order valence-corrected chi connectivity index (χ1v) is 6.26. The fourth-order valence-corrected chi connectivity index (χ4v) is 1.82. The molecule has 1 rings (SSSR count). The normalized spacial score (nSPS) is 12.1. The minimum atomic E-state index is -0.774. The highest BCUT2D eigenvalue weighted by atomic mass is 16.4. The summed E-state index contributed by atoms with van der Waals surface area (Å²) in [4.78, 5) is 11.1. The number of carbonyl (C=O) groups is 1. The molecule has 1 aromatic rings. The van der Waals surface area contributed by atoms with Gasteiger partial charge in [0.1, 0.15) is 6.04 Å². The Bertz CT molecular complexity index is 363. The fraction of sp³-hybridized carbons (Fsp3) is 0.500. The van der Waals surface area contributed by atoms with E-state index in [1.807, 2.05) is 24.3 Å². The monoisotopic (exact) mass is 235 g/mol. The molecule has 0 radical (unpaired) electrons. The lowest BCUT2D eigenvalue weighted by Gasteiger charge is -2.17. The molecular formula is C14H21NO2. The number of carboxylic acid groups (broad SMARTS) is 1. The van der Waals surface area contributed by atoms with E-state index in [1.54, 1.807) is 0 Å². The molecule has 0 heterocycles. The second-order valence-corrected chi connectivity index (χ2v) is 4.19. The van der Waals surface area contributed by atoms with Crippen molar-refractivity contribution in [2.45, 2.75) is 45.6 Å². The molecule has 94 valence electrons. The van der Waals surface area contributed by atoms with Crippen LogP contribution in [-0.2, 0) is 11.2 Å². The van der Waals surface area contributed by atoms with Crippen LogP contribution >= 0.6 is 0 Å². The number of rotatable bonds is 7. The molecule has 1 aromatic carbocycles. The zero-order valence-corrected chi connectivity index (χ0v) is 10.6. The predicted octanol–water partition coefficient (Wildman–Crippen LogP) is 3.30. The van der Waals surface area contributed by atoms with Gasteiger partial charge in [0.05, 0.1) is 0 Å². The van der Waals surface area contributed by atoms with Crippen LogP contribution in [0.15, 0.2) is 24.3 Å². The molecule has 0 amide bonds. The van der Waals surface area contributed by atoms with E-state index < -0.39 is 12.0 Å². The number of carboxylic acids is 1. The molecule has 17 heavy (non-hydrogen) atoms. The third-order valence-electron chi connectivity index (χ3n) is 2.87. The van der Waals surface area contributed by atoms with Crippen molar-refractivity contribution in [2.75, 3.05) is 5.32 Å². The van der Waals surface area contributed by atoms with Crippen LogP contribution in [0.1, 0.15) is 38.7 Å². The zero-order valence-electron chi connectivity index (χ0n) is 10.6. The number of aryl methyl sites for hydroxylation is 1. The van der Waals surface area contributed by atoms with Gasteiger partial charge in [0, 0.05) is 5.69 Å². The Labute approximate surface area is 103 Å². The van der Waals surface area contributed by atoms with Crippen LogP contribution in [0.2, 0.25) is 0 Å². The standard InChI is InChI=1S/C14H21NO2/c1-3-5-9-13(14(16)17)15-12-10-7-6-8-11(12)4-2/h6-8,10,13,15H,3-5,9H2,1-2H3,(H,16,17). The van der Waals surface area contributed by atoms with E-state index in [0.29, 0.717) is 6.42 Å². The van der Waals surface area contributed by atoms with Crippen LogP contribution in [0, 0.1) is 0 Å². The maximum absolute atomic E-state index is 11.1. The summed E-state index contributed by atoms with van der Waals surface area (Å²) in [5, 5.41) is 12.3. The molecule has 0 saturated carbocycles. The summed E-state index contributed by atoms with van der Waals surface area (Å²) in [6.45, 7) is 4.14. The van der Waals surface area contributed by atoms with Gasteiger partial charge < -0.3 is 10.4 Å². The van der Waals surface area contributed by atoms with E-state index in [0.717, 1.165) is 30.5 Å². The smallest absolute Gasteiger partial charge is 0.326 e. The second-order valence-electron chi connectivity index (χ2n) is 4.19. The first kappa shape index (κ1) is 13.6. The maximum Gasteiger partial charge on any atom is 0.326 e. The number of benzene rings is 1. The van der Waals surface area contributed by atoms with Gasteiger partial charge in [-0.05, 0) is 24.5 Å². The molecule has 0 aliphatic heterocycles. The number of aliphatic carboxylic acids is 1. The molecule has 3 nitrogen and oxygen atoms in total. The van der Waals surface area contributed by atoms with Crippen molar-refractivity contribution in [3.63, 3.8) is 0 Å². The summed E-state index contributed by atoms with van der Waals surface area (Å²) < 4.78 is 0. The minimum absolute atomic E-state index is 0.484. The summed E-state index contributed by atoms with van der Waals surface area (Å²) >= 11 is 0. The van der Waals surface area contributed by atoms with Gasteiger partial charge >= 0.3 is 5.97 Å². The third kappa shape index (κ3) is 4.10. The molecule has 0 fully saturated rings. The minimum Gasteiger partial charge on any atom is -0.480 e. The van der Waals surface area contributed by atoms with Gasteiger partial charge in [-0.3, -0.25) is 0 Å². The highest BCUT2D eigenvalue weighted by molar-refractivity contribution is 5.77. The lowest BCUT2D eigenvalue weighted by atomic mass is 10.1. The number of hydrogen-bond acceptors (Lipinski definition) is 2. The maximum atomic E-state index is 11.1. The molecule has 0 bridgehead atoms. The molecule has 1 unspecified atom stereocenters. The van der Waals surface area contributed by atoms with Crippen molar-refractivity contribution in [1.82, 2.24) is 0 Å². The Hall–Kier alpha value is -1.51. The number of unbranched alkanes of at least 4 members (excludes halogenated alkanes) is 1. The molecular weight excluding hydrogens is 214 g/mol.